The van der Waals surface area contributed by atoms with Gasteiger partial charge in [-0.15, -0.1) is 0 Å². The second kappa shape index (κ2) is 6.89. The summed E-state index contributed by atoms with van der Waals surface area (Å²) in [7, 11) is 1.24. The number of ether oxygens (including phenoxy) is 1. The van der Waals surface area contributed by atoms with E-state index in [1.165, 1.54) is 36.8 Å². The van der Waals surface area contributed by atoms with Gasteiger partial charge in [-0.1, -0.05) is 24.3 Å². The van der Waals surface area contributed by atoms with E-state index in [4.69, 9.17) is 5.84 Å². The number of carbonyl (C=O) groups is 1. The third-order valence-electron chi connectivity index (χ3n) is 3.47. The summed E-state index contributed by atoms with van der Waals surface area (Å²) in [5.74, 6) is 4.53. The number of hydrogen-bond acceptors (Lipinski definition) is 8. The minimum absolute atomic E-state index is 0.0307. The molecule has 0 amide bonds. The second-order valence-electron chi connectivity index (χ2n) is 4.92. The van der Waals surface area contributed by atoms with Crippen LogP contribution in [0.1, 0.15) is 10.4 Å². The van der Waals surface area contributed by atoms with Gasteiger partial charge in [0.25, 0.3) is 0 Å². The Balaban J connectivity index is 0.000000250. The van der Waals surface area contributed by atoms with Crippen molar-refractivity contribution in [1.82, 2.24) is 19.5 Å². The molecular formula is C16H14N6O3. The second-order valence-corrected chi connectivity index (χ2v) is 4.92. The molecule has 9 nitrogen and oxygen atoms in total. The highest BCUT2D eigenvalue weighted by Crippen LogP contribution is 2.29. The monoisotopic (exact) mass is 338 g/mol. The molecule has 4 rings (SSSR count). The first kappa shape index (κ1) is 16.3. The van der Waals surface area contributed by atoms with Crippen LogP contribution < -0.4 is 17.0 Å². The average Bonchev–Trinajstić information content (AvgIpc) is 2.64. The topological polar surface area (TPSA) is 125 Å². The Hall–Kier alpha value is -3.59. The molecule has 9 heteroatoms. The maximum atomic E-state index is 11.8. The molecule has 0 atom stereocenters. The summed E-state index contributed by atoms with van der Waals surface area (Å²) in [6.07, 6.45) is 2.60. The first-order valence-electron chi connectivity index (χ1n) is 7.20. The van der Waals surface area contributed by atoms with Gasteiger partial charge >= 0.3 is 11.7 Å². The fraction of sp³-hybridized carbons (Fsp3) is 0.0625. The van der Waals surface area contributed by atoms with E-state index >= 15 is 0 Å². The Kier molecular flexibility index (Phi) is 4.48. The first-order chi connectivity index (χ1) is 12.1. The predicted molar refractivity (Wildman–Crippen MR) is 90.0 cm³/mol. The average molecular weight is 338 g/mol. The molecule has 0 aromatic carbocycles. The van der Waals surface area contributed by atoms with Crippen LogP contribution in [0.2, 0.25) is 0 Å². The molecule has 2 aromatic heterocycles. The zero-order valence-corrected chi connectivity index (χ0v) is 13.2. The van der Waals surface area contributed by atoms with Crippen molar-refractivity contribution in [1.29, 1.82) is 0 Å². The maximum Gasteiger partial charge on any atom is 0.357 e. The van der Waals surface area contributed by atoms with E-state index in [9.17, 15) is 9.59 Å². The van der Waals surface area contributed by atoms with Crippen LogP contribution in [-0.4, -0.2) is 32.6 Å². The van der Waals surface area contributed by atoms with Crippen molar-refractivity contribution >= 4 is 11.9 Å². The predicted octanol–water partition coefficient (Wildman–Crippen LogP) is 0.762. The number of nitrogens with zero attached hydrogens (tertiary/aromatic N) is 4. The summed E-state index contributed by atoms with van der Waals surface area (Å²) in [5.41, 5.74) is 4.45. The SMILES string of the molecule is COC(=O)c1cccnc1-n1cnc(NN)nc1=O.c1cc2ccc1-2. The largest absolute Gasteiger partial charge is 0.465 e. The molecule has 0 unspecified atom stereocenters. The Morgan fingerprint density at radius 1 is 1.16 bits per heavy atom. The van der Waals surface area contributed by atoms with Gasteiger partial charge in [-0.05, 0) is 23.3 Å². The molecule has 0 spiro atoms. The van der Waals surface area contributed by atoms with Crippen molar-refractivity contribution in [3.63, 3.8) is 0 Å². The minimum Gasteiger partial charge on any atom is -0.465 e. The molecule has 0 saturated carbocycles. The lowest BCUT2D eigenvalue weighted by atomic mass is 9.95. The first-order valence-corrected chi connectivity index (χ1v) is 7.20. The Morgan fingerprint density at radius 3 is 2.32 bits per heavy atom. The van der Waals surface area contributed by atoms with E-state index < -0.39 is 11.7 Å². The highest BCUT2D eigenvalue weighted by molar-refractivity contribution is 5.92. The van der Waals surface area contributed by atoms with Gasteiger partial charge in [-0.3, -0.25) is 5.43 Å². The van der Waals surface area contributed by atoms with Gasteiger partial charge < -0.3 is 4.74 Å². The summed E-state index contributed by atoms with van der Waals surface area (Å²) in [6.45, 7) is 0. The fourth-order valence-corrected chi connectivity index (χ4v) is 2.07. The number of esters is 1. The van der Waals surface area contributed by atoms with Gasteiger partial charge in [-0.25, -0.2) is 30.0 Å². The standard InChI is InChI=1S/C10H10N6O3.C6H4/c1-19-8(17)6-3-2-4-12-7(6)16-5-13-9(15-11)14-10(16)18;1-2-6-4-3-5(1)6/h2-5H,11H2,1H3,(H,14,15,18);1-4H. The summed E-state index contributed by atoms with van der Waals surface area (Å²) >= 11 is 0. The summed E-state index contributed by atoms with van der Waals surface area (Å²) in [6, 6.07) is 11.5. The molecule has 2 aromatic rings. The number of nitrogen functional groups attached to an aromatic ring is 1. The van der Waals surface area contributed by atoms with Crippen molar-refractivity contribution in [3.05, 3.63) is 65.0 Å². The van der Waals surface area contributed by atoms with Crippen molar-refractivity contribution in [3.8, 4) is 16.9 Å². The lowest BCUT2D eigenvalue weighted by Crippen LogP contribution is -2.27. The molecule has 2 aliphatic rings. The van der Waals surface area contributed by atoms with E-state index in [2.05, 4.69) is 49.4 Å². The highest BCUT2D eigenvalue weighted by Gasteiger charge is 2.15. The Bertz CT molecular complexity index is 947. The molecule has 2 heterocycles. The molecular weight excluding hydrogens is 324 g/mol. The third kappa shape index (κ3) is 3.21. The van der Waals surface area contributed by atoms with Crippen LogP contribution in [0.3, 0.4) is 0 Å². The normalized spacial score (nSPS) is 10.3. The van der Waals surface area contributed by atoms with Gasteiger partial charge in [0, 0.05) is 6.20 Å². The molecule has 25 heavy (non-hydrogen) atoms. The molecule has 2 aliphatic carbocycles. The number of hydrazine groups is 1. The van der Waals surface area contributed by atoms with Crippen molar-refractivity contribution in [2.24, 2.45) is 5.84 Å². The molecule has 0 saturated heterocycles. The molecule has 0 bridgehead atoms. The van der Waals surface area contributed by atoms with Crippen LogP contribution >= 0.6 is 0 Å². The van der Waals surface area contributed by atoms with E-state index in [1.807, 2.05) is 0 Å². The van der Waals surface area contributed by atoms with Gasteiger partial charge in [0.2, 0.25) is 5.95 Å². The van der Waals surface area contributed by atoms with E-state index in [0.29, 0.717) is 0 Å². The molecule has 126 valence electrons. The molecule has 0 radical (unpaired) electrons. The number of rotatable bonds is 3. The fourth-order valence-electron chi connectivity index (χ4n) is 2.07. The number of nitrogens with one attached hydrogen (secondary N) is 1. The van der Waals surface area contributed by atoms with Crippen LogP contribution in [0.15, 0.2) is 53.7 Å². The molecule has 3 N–H and O–H groups in total. The Labute approximate surface area is 142 Å². The zero-order chi connectivity index (χ0) is 17.8. The number of aromatic nitrogens is 4. The lowest BCUT2D eigenvalue weighted by molar-refractivity contribution is 0.0600. The number of fused-ring (bicyclic) bond motifs is 1. The maximum absolute atomic E-state index is 11.8. The van der Waals surface area contributed by atoms with Crippen LogP contribution in [0.4, 0.5) is 5.95 Å². The smallest absolute Gasteiger partial charge is 0.357 e. The van der Waals surface area contributed by atoms with Crippen molar-refractivity contribution < 1.29 is 9.53 Å². The van der Waals surface area contributed by atoms with Crippen LogP contribution in [0.5, 0.6) is 0 Å². The number of nitrogens with two attached hydrogens (primary N) is 1. The molecule has 0 fully saturated rings. The van der Waals surface area contributed by atoms with Crippen molar-refractivity contribution in [2.45, 2.75) is 0 Å². The van der Waals surface area contributed by atoms with Crippen LogP contribution in [0.25, 0.3) is 16.9 Å². The number of carbonyl (C=O) groups excluding carboxylic acids is 1. The lowest BCUT2D eigenvalue weighted by Gasteiger charge is -2.10. The van der Waals surface area contributed by atoms with Crippen LogP contribution in [0, 0.1) is 0 Å². The van der Waals surface area contributed by atoms with Gasteiger partial charge in [-0.2, -0.15) is 4.98 Å². The van der Waals surface area contributed by atoms with Gasteiger partial charge in [0.15, 0.2) is 5.82 Å². The zero-order valence-electron chi connectivity index (χ0n) is 13.2. The third-order valence-corrected chi connectivity index (χ3v) is 3.47. The number of benzene rings is 1. The number of pyridine rings is 1. The summed E-state index contributed by atoms with van der Waals surface area (Å²) in [5, 5.41) is 0. The molecule has 0 aliphatic heterocycles. The van der Waals surface area contributed by atoms with Gasteiger partial charge in [0.05, 0.1) is 7.11 Å². The van der Waals surface area contributed by atoms with E-state index in [0.717, 1.165) is 4.57 Å². The Morgan fingerprint density at radius 2 is 1.84 bits per heavy atom. The summed E-state index contributed by atoms with van der Waals surface area (Å²) < 4.78 is 5.64. The van der Waals surface area contributed by atoms with E-state index in [-0.39, 0.29) is 17.3 Å². The number of hydrogen-bond donors (Lipinski definition) is 2. The minimum atomic E-state index is -0.674. The number of methoxy groups -OCH3 is 1. The number of anilines is 1. The van der Waals surface area contributed by atoms with Gasteiger partial charge in [0.1, 0.15) is 11.9 Å². The van der Waals surface area contributed by atoms with E-state index in [1.54, 1.807) is 6.07 Å². The highest BCUT2D eigenvalue weighted by atomic mass is 16.5. The van der Waals surface area contributed by atoms with Crippen LogP contribution in [-0.2, 0) is 4.74 Å². The quantitative estimate of drug-likeness (QED) is 0.319. The summed E-state index contributed by atoms with van der Waals surface area (Å²) in [4.78, 5) is 34.7. The van der Waals surface area contributed by atoms with Crippen molar-refractivity contribution in [2.75, 3.05) is 12.5 Å².